The molecule has 0 atom stereocenters. The third-order valence-corrected chi connectivity index (χ3v) is 1.61. The highest BCUT2D eigenvalue weighted by molar-refractivity contribution is 7.79. The van der Waals surface area contributed by atoms with Crippen molar-refractivity contribution in [2.24, 2.45) is 32.9 Å². The van der Waals surface area contributed by atoms with E-state index in [0.717, 1.165) is 25.9 Å². The molecule has 0 unspecified atom stereocenters. The Kier molecular flexibility index (Phi) is 12.8. The van der Waals surface area contributed by atoms with E-state index in [9.17, 15) is 0 Å². The zero-order valence-electron chi connectivity index (χ0n) is 11.1. The summed E-state index contributed by atoms with van der Waals surface area (Å²) in [5.74, 6) is 0.283. The van der Waals surface area contributed by atoms with Crippen molar-refractivity contribution >= 4 is 22.3 Å². The lowest BCUT2D eigenvalue weighted by molar-refractivity contribution is 0.381. The van der Waals surface area contributed by atoms with Crippen LogP contribution in [0.1, 0.15) is 12.8 Å². The fraction of sp³-hybridized carbons (Fsp3) is 0.750. The van der Waals surface area contributed by atoms with Crippen LogP contribution in [0.2, 0.25) is 0 Å². The molecule has 0 rings (SSSR count). The summed E-state index contributed by atoms with van der Waals surface area (Å²) in [6, 6.07) is 0. The second-order valence-electron chi connectivity index (χ2n) is 3.52. The predicted octanol–water partition coefficient (Wildman–Crippen LogP) is -2.75. The molecule has 0 aliphatic rings. The molecular weight excluding hydrogens is 290 g/mol. The normalized spacial score (nSPS) is 10.1. The van der Waals surface area contributed by atoms with Crippen molar-refractivity contribution in [2.75, 3.05) is 26.2 Å². The molecule has 0 fully saturated rings. The van der Waals surface area contributed by atoms with Gasteiger partial charge in [-0.25, -0.2) is 0 Å². The zero-order valence-corrected chi connectivity index (χ0v) is 11.9. The molecule has 0 radical (unpaired) electrons. The first kappa shape index (κ1) is 20.7. The monoisotopic (exact) mass is 313 g/mol. The second kappa shape index (κ2) is 12.4. The van der Waals surface area contributed by atoms with E-state index in [1.807, 2.05) is 0 Å². The smallest absolute Gasteiger partial charge is 0.370 e. The van der Waals surface area contributed by atoms with Gasteiger partial charge < -0.3 is 28.3 Å². The molecule has 20 heavy (non-hydrogen) atoms. The van der Waals surface area contributed by atoms with Crippen LogP contribution in [0, 0.1) is 0 Å². The van der Waals surface area contributed by atoms with E-state index in [4.69, 9.17) is 40.5 Å². The Balaban J connectivity index is 0. The molecular formula is C8H23N7O4S. The average Bonchev–Trinajstić information content (AvgIpc) is 2.23. The molecule has 11 nitrogen and oxygen atoms in total. The summed E-state index contributed by atoms with van der Waals surface area (Å²) < 4.78 is 31.6. The standard InChI is InChI=1S/C8H21N7.H2O4S/c9-7(10)14-5-1-3-13-4-2-6-15-8(11)12;1-5(2,3)4/h13H,1-6H2,(H4,9,10,14)(H4,11,12,15);(H2,1,2,3,4). The van der Waals surface area contributed by atoms with E-state index in [-0.39, 0.29) is 11.9 Å². The number of rotatable bonds is 8. The van der Waals surface area contributed by atoms with Gasteiger partial charge in [-0.05, 0) is 25.9 Å². The topological polar surface area (TPSA) is 215 Å². The van der Waals surface area contributed by atoms with E-state index >= 15 is 0 Å². The van der Waals surface area contributed by atoms with Crippen LogP contribution in [0.3, 0.4) is 0 Å². The van der Waals surface area contributed by atoms with Crippen LogP contribution in [0.4, 0.5) is 0 Å². The van der Waals surface area contributed by atoms with Gasteiger partial charge >= 0.3 is 10.4 Å². The van der Waals surface area contributed by atoms with E-state index in [1.54, 1.807) is 0 Å². The van der Waals surface area contributed by atoms with Crippen molar-refractivity contribution in [3.05, 3.63) is 0 Å². The van der Waals surface area contributed by atoms with Crippen LogP contribution in [0.15, 0.2) is 9.98 Å². The molecule has 0 aromatic carbocycles. The first-order valence-corrected chi connectivity index (χ1v) is 7.04. The van der Waals surface area contributed by atoms with E-state index in [1.165, 1.54) is 0 Å². The van der Waals surface area contributed by atoms with Crippen molar-refractivity contribution in [1.82, 2.24) is 5.32 Å². The maximum Gasteiger partial charge on any atom is 0.394 e. The summed E-state index contributed by atoms with van der Waals surface area (Å²) in [4.78, 5) is 7.72. The lowest BCUT2D eigenvalue weighted by Gasteiger charge is -2.01. The van der Waals surface area contributed by atoms with Crippen molar-refractivity contribution in [3.8, 4) is 0 Å². The van der Waals surface area contributed by atoms with Crippen molar-refractivity contribution in [1.29, 1.82) is 0 Å². The molecule has 0 aromatic heterocycles. The Hall–Kier alpha value is -1.63. The summed E-state index contributed by atoms with van der Waals surface area (Å²) in [7, 11) is -4.67. The number of hydrogen-bond acceptors (Lipinski definition) is 5. The average molecular weight is 313 g/mol. The number of nitrogens with one attached hydrogen (secondary N) is 1. The van der Waals surface area contributed by atoms with Crippen LogP contribution in [0.25, 0.3) is 0 Å². The molecule has 0 aliphatic carbocycles. The van der Waals surface area contributed by atoms with Gasteiger partial charge in [-0.3, -0.25) is 19.1 Å². The molecule has 0 spiro atoms. The number of nitrogens with two attached hydrogens (primary N) is 4. The van der Waals surface area contributed by atoms with Crippen LogP contribution < -0.4 is 28.3 Å². The van der Waals surface area contributed by atoms with Gasteiger partial charge in [0.2, 0.25) is 0 Å². The molecule has 0 bridgehead atoms. The number of aliphatic imine (C=N–C) groups is 2. The molecule has 0 aromatic rings. The summed E-state index contributed by atoms with van der Waals surface area (Å²) >= 11 is 0. The molecule has 0 aliphatic heterocycles. The van der Waals surface area contributed by atoms with Crippen LogP contribution in [0.5, 0.6) is 0 Å². The zero-order chi connectivity index (χ0) is 16.0. The Labute approximate surface area is 118 Å². The molecule has 11 N–H and O–H groups in total. The number of hydrogen-bond donors (Lipinski definition) is 7. The highest BCUT2D eigenvalue weighted by Crippen LogP contribution is 1.81. The van der Waals surface area contributed by atoms with Gasteiger partial charge in [0.15, 0.2) is 11.9 Å². The Morgan fingerprint density at radius 3 is 1.45 bits per heavy atom. The van der Waals surface area contributed by atoms with E-state index < -0.39 is 10.4 Å². The van der Waals surface area contributed by atoms with Gasteiger partial charge in [-0.15, -0.1) is 0 Å². The lowest BCUT2D eigenvalue weighted by atomic mass is 10.4. The number of guanidine groups is 2. The summed E-state index contributed by atoms with van der Waals surface area (Å²) in [5.41, 5.74) is 20.7. The Morgan fingerprint density at radius 2 is 1.20 bits per heavy atom. The summed E-state index contributed by atoms with van der Waals surface area (Å²) in [6.07, 6.45) is 1.83. The maximum atomic E-state index is 8.74. The minimum Gasteiger partial charge on any atom is -0.370 e. The van der Waals surface area contributed by atoms with Gasteiger partial charge in [0.1, 0.15) is 0 Å². The van der Waals surface area contributed by atoms with Gasteiger partial charge in [0.25, 0.3) is 0 Å². The maximum absolute atomic E-state index is 8.74. The highest BCUT2D eigenvalue weighted by Gasteiger charge is 1.88. The van der Waals surface area contributed by atoms with Crippen molar-refractivity contribution in [3.63, 3.8) is 0 Å². The van der Waals surface area contributed by atoms with Crippen molar-refractivity contribution in [2.45, 2.75) is 12.8 Å². The minimum atomic E-state index is -4.67. The van der Waals surface area contributed by atoms with Crippen LogP contribution in [-0.4, -0.2) is 55.6 Å². The quantitative estimate of drug-likeness (QED) is 0.107. The third kappa shape index (κ3) is 36.0. The van der Waals surface area contributed by atoms with Crippen molar-refractivity contribution < 1.29 is 17.5 Å². The van der Waals surface area contributed by atoms with Gasteiger partial charge in [0, 0.05) is 13.1 Å². The molecule has 0 saturated heterocycles. The van der Waals surface area contributed by atoms with Gasteiger partial charge in [-0.2, -0.15) is 8.42 Å². The van der Waals surface area contributed by atoms with E-state index in [2.05, 4.69) is 15.3 Å². The Morgan fingerprint density at radius 1 is 0.900 bits per heavy atom. The minimum absolute atomic E-state index is 0.141. The van der Waals surface area contributed by atoms with Gasteiger partial charge in [-0.1, -0.05) is 0 Å². The molecule has 120 valence electrons. The fourth-order valence-electron chi connectivity index (χ4n) is 0.949. The summed E-state index contributed by atoms with van der Waals surface area (Å²) in [5, 5.41) is 3.23. The summed E-state index contributed by atoms with van der Waals surface area (Å²) in [6.45, 7) is 3.09. The third-order valence-electron chi connectivity index (χ3n) is 1.61. The molecule has 0 heterocycles. The fourth-order valence-corrected chi connectivity index (χ4v) is 0.949. The Bertz CT molecular complexity index is 358. The molecule has 0 amide bonds. The van der Waals surface area contributed by atoms with E-state index in [0.29, 0.717) is 13.1 Å². The van der Waals surface area contributed by atoms with Crippen LogP contribution in [-0.2, 0) is 10.4 Å². The second-order valence-corrected chi connectivity index (χ2v) is 4.41. The SMILES string of the molecule is NC(N)=NCCCNCCCN=C(N)N.O=S(=O)(O)O. The lowest BCUT2D eigenvalue weighted by Crippen LogP contribution is -2.24. The number of nitrogens with zero attached hydrogens (tertiary/aromatic N) is 2. The molecule has 0 saturated carbocycles. The highest BCUT2D eigenvalue weighted by atomic mass is 32.3. The molecule has 12 heteroatoms. The first-order valence-electron chi connectivity index (χ1n) is 5.64. The van der Waals surface area contributed by atoms with Crippen LogP contribution >= 0.6 is 0 Å². The van der Waals surface area contributed by atoms with Gasteiger partial charge in [0.05, 0.1) is 0 Å². The predicted molar refractivity (Wildman–Crippen MR) is 77.6 cm³/mol. The first-order chi connectivity index (χ1) is 9.13. The largest absolute Gasteiger partial charge is 0.394 e.